The fourth-order valence-corrected chi connectivity index (χ4v) is 9.76. The zero-order chi connectivity index (χ0) is 40.2. The molecule has 9 aromatic carbocycles. The van der Waals surface area contributed by atoms with Gasteiger partial charge in [0.2, 0.25) is 0 Å². The molecule has 0 fully saturated rings. The molecular weight excluding hydrogens is 745 g/mol. The van der Waals surface area contributed by atoms with Crippen LogP contribution in [0, 0.1) is 0 Å². The molecule has 0 saturated carbocycles. The van der Waals surface area contributed by atoms with E-state index >= 15 is 0 Å². The van der Waals surface area contributed by atoms with E-state index in [9.17, 15) is 0 Å². The maximum absolute atomic E-state index is 6.63. The van der Waals surface area contributed by atoms with Gasteiger partial charge < -0.3 is 8.98 Å². The molecule has 0 amide bonds. The number of fused-ring (bicyclic) bond motifs is 11. The number of nitrogens with zero attached hydrogens (tertiary/aromatic N) is 4. The second-order valence-corrected chi connectivity index (χ2v) is 16.4. The number of aromatic nitrogens is 4. The maximum atomic E-state index is 6.63. The van der Waals surface area contributed by atoms with Gasteiger partial charge in [-0.1, -0.05) is 140 Å². The molecule has 5 nitrogen and oxygen atoms in total. The largest absolute Gasteiger partial charge is 0.456 e. The molecule has 0 spiro atoms. The minimum atomic E-state index is 0.432. The Morgan fingerprint density at radius 1 is 0.475 bits per heavy atom. The van der Waals surface area contributed by atoms with E-state index in [1.165, 1.54) is 48.8 Å². The van der Waals surface area contributed by atoms with Gasteiger partial charge in [-0.05, 0) is 104 Å². The third-order valence-electron chi connectivity index (χ3n) is 12.8. The van der Waals surface area contributed by atoms with Crippen molar-refractivity contribution in [2.75, 3.05) is 0 Å². The van der Waals surface area contributed by atoms with Gasteiger partial charge in [-0.3, -0.25) is 0 Å². The average Bonchev–Trinajstić information content (AvgIpc) is 3.83. The van der Waals surface area contributed by atoms with E-state index in [-0.39, 0.29) is 0 Å². The lowest BCUT2D eigenvalue weighted by Gasteiger charge is -2.19. The van der Waals surface area contributed by atoms with Crippen LogP contribution >= 0.6 is 0 Å². The topological polar surface area (TPSA) is 56.7 Å². The molecule has 0 saturated heterocycles. The summed E-state index contributed by atoms with van der Waals surface area (Å²) in [4.78, 5) is 15.9. The van der Waals surface area contributed by atoms with Gasteiger partial charge in [0, 0.05) is 38.2 Å². The Balaban J connectivity index is 1.14. The highest BCUT2D eigenvalue weighted by atomic mass is 16.3. The van der Waals surface area contributed by atoms with E-state index in [4.69, 9.17) is 19.4 Å². The van der Waals surface area contributed by atoms with E-state index in [0.717, 1.165) is 67.2 Å². The quantitative estimate of drug-likeness (QED) is 0.167. The van der Waals surface area contributed by atoms with Crippen molar-refractivity contribution >= 4 is 82.1 Å². The van der Waals surface area contributed by atoms with Crippen LogP contribution in [-0.4, -0.2) is 19.5 Å². The average molecular weight is 781 g/mol. The van der Waals surface area contributed by atoms with Gasteiger partial charge in [-0.25, -0.2) is 15.0 Å². The highest BCUT2D eigenvalue weighted by molar-refractivity contribution is 6.16. The molecule has 3 heterocycles. The van der Waals surface area contributed by atoms with Gasteiger partial charge >= 0.3 is 0 Å². The van der Waals surface area contributed by atoms with Gasteiger partial charge in [0.05, 0.1) is 16.7 Å². The predicted octanol–water partition coefficient (Wildman–Crippen LogP) is 14.8. The molecule has 13 rings (SSSR count). The van der Waals surface area contributed by atoms with Crippen molar-refractivity contribution in [2.24, 2.45) is 0 Å². The van der Waals surface area contributed by atoms with Crippen LogP contribution in [0.2, 0.25) is 0 Å². The van der Waals surface area contributed by atoms with E-state index in [2.05, 4.69) is 163 Å². The van der Waals surface area contributed by atoms with Crippen LogP contribution in [0.3, 0.4) is 0 Å². The highest BCUT2D eigenvalue weighted by Crippen LogP contribution is 2.44. The molecule has 0 aliphatic heterocycles. The molecule has 286 valence electrons. The third kappa shape index (κ3) is 5.30. The minimum absolute atomic E-state index is 0.432. The van der Waals surface area contributed by atoms with Crippen molar-refractivity contribution in [2.45, 2.75) is 19.3 Å². The number of rotatable bonds is 4. The summed E-state index contributed by atoms with van der Waals surface area (Å²) in [5, 5.41) is 11.7. The molecule has 0 N–H and O–H groups in total. The summed E-state index contributed by atoms with van der Waals surface area (Å²) in [6, 6.07) is 60.6. The lowest BCUT2D eigenvalue weighted by Crippen LogP contribution is -2.04. The lowest BCUT2D eigenvalue weighted by atomic mass is 9.87. The van der Waals surface area contributed by atoms with E-state index in [1.54, 1.807) is 0 Å². The van der Waals surface area contributed by atoms with Crippen LogP contribution in [0.1, 0.15) is 30.4 Å². The summed E-state index contributed by atoms with van der Waals surface area (Å²) in [7, 11) is 0. The molecule has 1 aliphatic carbocycles. The summed E-state index contributed by atoms with van der Waals surface area (Å²) in [5.41, 5.74) is 10.2. The Bertz CT molecular complexity index is 3820. The highest BCUT2D eigenvalue weighted by Gasteiger charge is 2.24. The Morgan fingerprint density at radius 3 is 2.02 bits per heavy atom. The number of hydrogen-bond donors (Lipinski definition) is 0. The van der Waals surface area contributed by atoms with Crippen molar-refractivity contribution in [3.05, 3.63) is 187 Å². The molecule has 61 heavy (non-hydrogen) atoms. The summed E-state index contributed by atoms with van der Waals surface area (Å²) in [6.07, 6.45) is 5.63. The van der Waals surface area contributed by atoms with Crippen LogP contribution < -0.4 is 0 Å². The van der Waals surface area contributed by atoms with Gasteiger partial charge in [-0.15, -0.1) is 0 Å². The minimum Gasteiger partial charge on any atom is -0.456 e. The summed E-state index contributed by atoms with van der Waals surface area (Å²) in [5.74, 6) is 2.22. The first-order valence-electron chi connectivity index (χ1n) is 21.0. The molecule has 12 aromatic rings. The molecule has 1 atom stereocenters. The normalized spacial score (nSPS) is 14.0. The van der Waals surface area contributed by atoms with Crippen molar-refractivity contribution < 1.29 is 4.42 Å². The first kappa shape index (κ1) is 34.0. The number of benzene rings is 9. The Kier molecular flexibility index (Phi) is 7.28. The van der Waals surface area contributed by atoms with Crippen LogP contribution in [0.15, 0.2) is 180 Å². The first-order chi connectivity index (χ1) is 30.1. The van der Waals surface area contributed by atoms with Crippen molar-refractivity contribution in [1.29, 1.82) is 0 Å². The first-order valence-corrected chi connectivity index (χ1v) is 21.0. The van der Waals surface area contributed by atoms with E-state index in [0.29, 0.717) is 23.4 Å². The van der Waals surface area contributed by atoms with Gasteiger partial charge in [-0.2, -0.15) is 0 Å². The van der Waals surface area contributed by atoms with Crippen LogP contribution in [0.4, 0.5) is 0 Å². The fraction of sp³-hybridized carbons (Fsp3) is 0.0536. The fourth-order valence-electron chi connectivity index (χ4n) is 9.76. The monoisotopic (exact) mass is 780 g/mol. The summed E-state index contributed by atoms with van der Waals surface area (Å²) >= 11 is 0. The molecular formula is C56H36N4O. The van der Waals surface area contributed by atoms with Crippen molar-refractivity contribution in [1.82, 2.24) is 19.5 Å². The number of para-hydroxylation sites is 1. The molecule has 3 aromatic heterocycles. The standard InChI is InChI=1S/C56H36N4O/c1-33-12-11-18-38-29-50-46(30-44(33)38)45-27-36-16-5-6-17-37(36)28-49(45)60(50)51-31-47-43-20-9-10-21-52(43)61-53(47)32-48(51)56-58-54(35-14-3-2-4-15-35)57-55(59-56)40-24-25-42-39(26-40)23-22-34-13-7-8-19-41(34)42/h2-11,13-33H,12H2,1H3. The van der Waals surface area contributed by atoms with Crippen LogP contribution in [-0.2, 0) is 0 Å². The SMILES string of the molecule is CC1CC=Cc2cc3c(cc21)c1cc2ccccc2cc1n3-c1cc2c(cc1-c1nc(-c3ccccc3)nc(-c3ccc4c(ccc5ccccc54)c3)n1)oc1ccccc12. The van der Waals surface area contributed by atoms with E-state index < -0.39 is 0 Å². The van der Waals surface area contributed by atoms with Crippen molar-refractivity contribution in [3.8, 4) is 39.9 Å². The third-order valence-corrected chi connectivity index (χ3v) is 12.8. The zero-order valence-corrected chi connectivity index (χ0v) is 33.3. The molecule has 1 aliphatic rings. The number of allylic oxidation sites excluding steroid dienone is 1. The van der Waals surface area contributed by atoms with Gasteiger partial charge in [0.1, 0.15) is 11.2 Å². The van der Waals surface area contributed by atoms with Gasteiger partial charge in [0.25, 0.3) is 0 Å². The Morgan fingerprint density at radius 2 is 1.15 bits per heavy atom. The molecule has 0 radical (unpaired) electrons. The Hall–Kier alpha value is -7.89. The number of hydrogen-bond acceptors (Lipinski definition) is 4. The van der Waals surface area contributed by atoms with Crippen LogP contribution in [0.25, 0.3) is 122 Å². The maximum Gasteiger partial charge on any atom is 0.166 e. The smallest absolute Gasteiger partial charge is 0.166 e. The number of furan rings is 1. The van der Waals surface area contributed by atoms with Crippen LogP contribution in [0.5, 0.6) is 0 Å². The molecule has 1 unspecified atom stereocenters. The van der Waals surface area contributed by atoms with Crippen molar-refractivity contribution in [3.63, 3.8) is 0 Å². The predicted molar refractivity (Wildman–Crippen MR) is 252 cm³/mol. The van der Waals surface area contributed by atoms with E-state index in [1.807, 2.05) is 30.3 Å². The molecule has 5 heteroatoms. The second-order valence-electron chi connectivity index (χ2n) is 16.4. The Labute approximate surface area is 350 Å². The summed E-state index contributed by atoms with van der Waals surface area (Å²) < 4.78 is 9.07. The zero-order valence-electron chi connectivity index (χ0n) is 33.3. The van der Waals surface area contributed by atoms with Gasteiger partial charge in [0.15, 0.2) is 17.5 Å². The molecule has 0 bridgehead atoms. The lowest BCUT2D eigenvalue weighted by molar-refractivity contribution is 0.669. The summed E-state index contributed by atoms with van der Waals surface area (Å²) in [6.45, 7) is 2.33. The second kappa shape index (κ2) is 13.1.